The second kappa shape index (κ2) is 7.00. The Labute approximate surface area is 125 Å². The molecule has 1 aromatic rings. The topological polar surface area (TPSA) is 119 Å². The number of rotatable bonds is 5. The molecule has 0 heterocycles. The summed E-state index contributed by atoms with van der Waals surface area (Å²) in [7, 11) is -2.47. The average Bonchev–Trinajstić information content (AvgIpc) is 2.46. The highest BCUT2D eigenvalue weighted by atomic mass is 32.2. The molecular formula is C12H12FNO7S. The summed E-state index contributed by atoms with van der Waals surface area (Å²) in [6.07, 6.45) is 0.700. The van der Waals surface area contributed by atoms with E-state index in [1.807, 2.05) is 0 Å². The van der Waals surface area contributed by atoms with Crippen molar-refractivity contribution in [2.75, 3.05) is 19.5 Å². The summed E-state index contributed by atoms with van der Waals surface area (Å²) in [5, 5.41) is 2.21. The van der Waals surface area contributed by atoms with Gasteiger partial charge in [-0.05, 0) is 18.2 Å². The minimum Gasteiger partial charge on any atom is -0.466 e. The molecule has 120 valence electrons. The third kappa shape index (κ3) is 4.53. The van der Waals surface area contributed by atoms with E-state index in [9.17, 15) is 22.4 Å². The molecule has 0 aliphatic rings. The first-order valence-electron chi connectivity index (χ1n) is 5.61. The molecule has 1 aromatic carbocycles. The summed E-state index contributed by atoms with van der Waals surface area (Å²) in [4.78, 5) is 22.1. The van der Waals surface area contributed by atoms with Crippen molar-refractivity contribution in [2.24, 2.45) is 0 Å². The molecule has 0 saturated carbocycles. The van der Waals surface area contributed by atoms with E-state index >= 15 is 0 Å². The third-order valence-electron chi connectivity index (χ3n) is 2.37. The third-order valence-corrected chi connectivity index (χ3v) is 3.22. The van der Waals surface area contributed by atoms with Crippen molar-refractivity contribution >= 4 is 27.7 Å². The predicted octanol–water partition coefficient (Wildman–Crippen LogP) is 0.714. The van der Waals surface area contributed by atoms with Crippen LogP contribution in [0.2, 0.25) is 0 Å². The van der Waals surface area contributed by atoms with Gasteiger partial charge in [-0.1, -0.05) is 0 Å². The number of carbonyl (C=O) groups is 2. The summed E-state index contributed by atoms with van der Waals surface area (Å²) >= 11 is 0. The number of esters is 2. The maximum absolute atomic E-state index is 13.7. The molecule has 0 aliphatic heterocycles. The van der Waals surface area contributed by atoms with Gasteiger partial charge >= 0.3 is 11.9 Å². The number of methoxy groups -OCH3 is 2. The summed E-state index contributed by atoms with van der Waals surface area (Å²) in [6, 6.07) is 2.34. The first kappa shape index (κ1) is 17.6. The van der Waals surface area contributed by atoms with E-state index in [-0.39, 0.29) is 0 Å². The Balaban J connectivity index is 3.27. The maximum Gasteiger partial charge on any atom is 0.354 e. The number of nitrogens with one attached hydrogen (secondary N) is 1. The Bertz CT molecular complexity index is 727. The highest BCUT2D eigenvalue weighted by Crippen LogP contribution is 2.21. The minimum atomic E-state index is -4.57. The molecule has 8 nitrogen and oxygen atoms in total. The van der Waals surface area contributed by atoms with Gasteiger partial charge in [0.05, 0.1) is 30.9 Å². The maximum atomic E-state index is 13.7. The van der Waals surface area contributed by atoms with Crippen molar-refractivity contribution in [3.63, 3.8) is 0 Å². The zero-order chi connectivity index (χ0) is 16.9. The molecule has 2 N–H and O–H groups in total. The number of carbonyl (C=O) groups excluding carboxylic acids is 2. The van der Waals surface area contributed by atoms with Gasteiger partial charge in [0.25, 0.3) is 10.1 Å². The monoisotopic (exact) mass is 333 g/mol. The van der Waals surface area contributed by atoms with Crippen LogP contribution in [-0.2, 0) is 29.2 Å². The number of anilines is 1. The quantitative estimate of drug-likeness (QED) is 0.459. The molecule has 0 spiro atoms. The van der Waals surface area contributed by atoms with E-state index in [4.69, 9.17) is 4.55 Å². The van der Waals surface area contributed by atoms with Crippen LogP contribution in [0.3, 0.4) is 0 Å². The van der Waals surface area contributed by atoms with Crippen LogP contribution in [0.25, 0.3) is 0 Å². The molecule has 0 bridgehead atoms. The van der Waals surface area contributed by atoms with Crippen LogP contribution in [0.5, 0.6) is 0 Å². The van der Waals surface area contributed by atoms with Crippen molar-refractivity contribution in [1.29, 1.82) is 0 Å². The number of halogens is 1. The number of benzene rings is 1. The molecule has 10 heteroatoms. The lowest BCUT2D eigenvalue weighted by Crippen LogP contribution is -2.16. The van der Waals surface area contributed by atoms with E-state index in [2.05, 4.69) is 14.8 Å². The fraction of sp³-hybridized carbons (Fsp3) is 0.167. The molecule has 0 amide bonds. The molecule has 0 aromatic heterocycles. The molecule has 0 aliphatic carbocycles. The predicted molar refractivity (Wildman–Crippen MR) is 72.0 cm³/mol. The van der Waals surface area contributed by atoms with Crippen molar-refractivity contribution in [1.82, 2.24) is 0 Å². The van der Waals surface area contributed by atoms with E-state index in [0.29, 0.717) is 6.08 Å². The normalized spacial score (nSPS) is 11.7. The smallest absolute Gasteiger partial charge is 0.354 e. The fourth-order valence-electron chi connectivity index (χ4n) is 1.34. The Morgan fingerprint density at radius 1 is 1.27 bits per heavy atom. The van der Waals surface area contributed by atoms with Gasteiger partial charge in [0, 0.05) is 0 Å². The SMILES string of the molecule is COC(=O)/C=C(/Nc1cc(S(=O)(=O)O)ccc1F)C(=O)OC. The molecule has 1 rings (SSSR count). The molecule has 22 heavy (non-hydrogen) atoms. The average molecular weight is 333 g/mol. The van der Waals surface area contributed by atoms with Crippen LogP contribution in [0.1, 0.15) is 0 Å². The highest BCUT2D eigenvalue weighted by Gasteiger charge is 2.17. The van der Waals surface area contributed by atoms with E-state index in [1.165, 1.54) is 0 Å². The standard InChI is InChI=1S/C12H12FNO7S/c1-20-11(15)6-10(12(16)21-2)14-9-5-7(22(17,18)19)3-4-8(9)13/h3-6,14H,1-2H3,(H,17,18,19)/b10-6+. The number of hydrogen-bond donors (Lipinski definition) is 2. The lowest BCUT2D eigenvalue weighted by molar-refractivity contribution is -0.138. The van der Waals surface area contributed by atoms with Gasteiger partial charge in [0.1, 0.15) is 11.5 Å². The van der Waals surface area contributed by atoms with Crippen LogP contribution in [0.15, 0.2) is 34.9 Å². The van der Waals surface area contributed by atoms with E-state index in [0.717, 1.165) is 32.4 Å². The van der Waals surface area contributed by atoms with E-state index < -0.39 is 44.2 Å². The van der Waals surface area contributed by atoms with Gasteiger partial charge in [-0.25, -0.2) is 14.0 Å². The summed E-state index contributed by atoms with van der Waals surface area (Å²) in [5.41, 5.74) is -0.948. The Morgan fingerprint density at radius 2 is 1.91 bits per heavy atom. The zero-order valence-corrected chi connectivity index (χ0v) is 12.3. The van der Waals surface area contributed by atoms with Crippen molar-refractivity contribution in [3.05, 3.63) is 35.8 Å². The van der Waals surface area contributed by atoms with Crippen LogP contribution < -0.4 is 5.32 Å². The lowest BCUT2D eigenvalue weighted by atomic mass is 10.2. The Morgan fingerprint density at radius 3 is 2.41 bits per heavy atom. The largest absolute Gasteiger partial charge is 0.466 e. The fourth-order valence-corrected chi connectivity index (χ4v) is 1.85. The van der Waals surface area contributed by atoms with Crippen molar-refractivity contribution in [3.8, 4) is 0 Å². The Hall–Kier alpha value is -2.46. The van der Waals surface area contributed by atoms with Gasteiger partial charge < -0.3 is 14.8 Å². The molecular weight excluding hydrogens is 321 g/mol. The summed E-state index contributed by atoms with van der Waals surface area (Å²) in [6.45, 7) is 0. The molecule has 0 radical (unpaired) electrons. The summed E-state index contributed by atoms with van der Waals surface area (Å²) in [5.74, 6) is -2.85. The Kier molecular flexibility index (Phi) is 5.60. The minimum absolute atomic E-state index is 0.462. The second-order valence-electron chi connectivity index (χ2n) is 3.81. The van der Waals surface area contributed by atoms with Gasteiger partial charge in [-0.3, -0.25) is 4.55 Å². The van der Waals surface area contributed by atoms with Crippen molar-refractivity contribution in [2.45, 2.75) is 4.90 Å². The first-order valence-corrected chi connectivity index (χ1v) is 7.05. The van der Waals surface area contributed by atoms with Crippen LogP contribution in [0.4, 0.5) is 10.1 Å². The number of hydrogen-bond acceptors (Lipinski definition) is 7. The van der Waals surface area contributed by atoms with E-state index in [1.54, 1.807) is 0 Å². The summed E-state index contributed by atoms with van der Waals surface area (Å²) < 4.78 is 53.4. The molecule has 0 fully saturated rings. The van der Waals surface area contributed by atoms with Gasteiger partial charge in [0.2, 0.25) is 0 Å². The molecule has 0 saturated heterocycles. The lowest BCUT2D eigenvalue weighted by Gasteiger charge is -2.10. The van der Waals surface area contributed by atoms with Gasteiger partial charge in [-0.2, -0.15) is 8.42 Å². The van der Waals surface area contributed by atoms with Crippen molar-refractivity contribution < 1.29 is 36.4 Å². The number of ether oxygens (including phenoxy) is 2. The highest BCUT2D eigenvalue weighted by molar-refractivity contribution is 7.85. The van der Waals surface area contributed by atoms with Crippen LogP contribution >= 0.6 is 0 Å². The first-order chi connectivity index (χ1) is 10.2. The second-order valence-corrected chi connectivity index (χ2v) is 5.24. The van der Waals surface area contributed by atoms with Crippen LogP contribution in [0, 0.1) is 5.82 Å². The molecule has 0 atom stereocenters. The van der Waals surface area contributed by atoms with Crippen LogP contribution in [-0.4, -0.2) is 39.1 Å². The van der Waals surface area contributed by atoms with Gasteiger partial charge in [-0.15, -0.1) is 0 Å². The molecule has 0 unspecified atom stereocenters. The zero-order valence-electron chi connectivity index (χ0n) is 11.5. The van der Waals surface area contributed by atoms with Gasteiger partial charge in [0.15, 0.2) is 0 Å².